The first-order valence-corrected chi connectivity index (χ1v) is 13.3. The largest absolute Gasteiger partial charge is 0.381 e. The summed E-state index contributed by atoms with van der Waals surface area (Å²) in [6.45, 7) is 8.30. The van der Waals surface area contributed by atoms with Crippen LogP contribution >= 0.6 is 0 Å². The Morgan fingerprint density at radius 3 is 2.64 bits per heavy atom. The van der Waals surface area contributed by atoms with Crippen molar-refractivity contribution in [2.75, 3.05) is 33.4 Å². The first kappa shape index (κ1) is 23.3. The number of H-pyrrole nitrogens is 1. The minimum Gasteiger partial charge on any atom is -0.381 e. The number of aromatic amines is 1. The van der Waals surface area contributed by atoms with E-state index in [0.717, 1.165) is 92.0 Å². The number of fused-ring (bicyclic) bond motifs is 1. The summed E-state index contributed by atoms with van der Waals surface area (Å²) in [6, 6.07) is 4.77. The fourth-order valence-corrected chi connectivity index (χ4v) is 5.92. The van der Waals surface area contributed by atoms with Crippen LogP contribution in [0.25, 0.3) is 33.5 Å². The normalized spacial score (nSPS) is 18.3. The Balaban J connectivity index is 1.33. The molecular formula is C28H35N7O. The van der Waals surface area contributed by atoms with Crippen LogP contribution in [-0.4, -0.2) is 68.2 Å². The average Bonchev–Trinajstić information content (AvgIpc) is 3.56. The summed E-state index contributed by atoms with van der Waals surface area (Å²) in [7, 11) is 2.19. The Labute approximate surface area is 212 Å². The Morgan fingerprint density at radius 1 is 1.06 bits per heavy atom. The second kappa shape index (κ2) is 9.75. The molecule has 4 aromatic rings. The van der Waals surface area contributed by atoms with Gasteiger partial charge in [0.05, 0.1) is 17.9 Å². The van der Waals surface area contributed by atoms with E-state index >= 15 is 0 Å². The highest BCUT2D eigenvalue weighted by Crippen LogP contribution is 2.35. The van der Waals surface area contributed by atoms with Crippen LogP contribution in [0.3, 0.4) is 0 Å². The number of nitrogens with zero attached hydrogens (tertiary/aromatic N) is 6. The van der Waals surface area contributed by atoms with Crippen LogP contribution in [0, 0.1) is 6.92 Å². The summed E-state index contributed by atoms with van der Waals surface area (Å²) >= 11 is 0. The predicted octanol–water partition coefficient (Wildman–Crippen LogP) is 4.91. The SMILES string of the molecule is CCc1nc(-c2cc3c(-c4cnn(C5CCN(C)CC5)c4)c[nH]c3nn2)cc(C)c1C1CCOCC1. The molecule has 0 radical (unpaired) electrons. The van der Waals surface area contributed by atoms with E-state index in [2.05, 4.69) is 64.0 Å². The van der Waals surface area contributed by atoms with Crippen LogP contribution in [0.2, 0.25) is 0 Å². The van der Waals surface area contributed by atoms with Gasteiger partial charge in [-0.25, -0.2) is 0 Å². The lowest BCUT2D eigenvalue weighted by atomic mass is 9.86. The van der Waals surface area contributed by atoms with Crippen molar-refractivity contribution < 1.29 is 4.74 Å². The summed E-state index contributed by atoms with van der Waals surface area (Å²) in [4.78, 5) is 10.8. The molecule has 6 rings (SSSR count). The van der Waals surface area contributed by atoms with Crippen LogP contribution in [-0.2, 0) is 11.2 Å². The first-order chi connectivity index (χ1) is 17.6. The van der Waals surface area contributed by atoms with Gasteiger partial charge in [-0.3, -0.25) is 9.67 Å². The van der Waals surface area contributed by atoms with Gasteiger partial charge < -0.3 is 14.6 Å². The first-order valence-electron chi connectivity index (χ1n) is 13.3. The number of aromatic nitrogens is 6. The second-order valence-electron chi connectivity index (χ2n) is 10.4. The molecule has 4 aromatic heterocycles. The Morgan fingerprint density at radius 2 is 1.86 bits per heavy atom. The van der Waals surface area contributed by atoms with Gasteiger partial charge in [0, 0.05) is 47.8 Å². The average molecular weight is 486 g/mol. The van der Waals surface area contributed by atoms with Crippen LogP contribution in [0.4, 0.5) is 0 Å². The van der Waals surface area contributed by atoms with E-state index in [0.29, 0.717) is 12.0 Å². The molecular weight excluding hydrogens is 450 g/mol. The van der Waals surface area contributed by atoms with E-state index in [4.69, 9.17) is 14.8 Å². The monoisotopic (exact) mass is 485 g/mol. The fourth-order valence-electron chi connectivity index (χ4n) is 5.92. The lowest BCUT2D eigenvalue weighted by Gasteiger charge is -2.28. The quantitative estimate of drug-likeness (QED) is 0.432. The fraction of sp³-hybridized carbons (Fsp3) is 0.500. The van der Waals surface area contributed by atoms with Crippen molar-refractivity contribution in [1.82, 2.24) is 34.8 Å². The van der Waals surface area contributed by atoms with Crippen molar-refractivity contribution in [1.29, 1.82) is 0 Å². The Bertz CT molecular complexity index is 1360. The van der Waals surface area contributed by atoms with E-state index in [1.807, 2.05) is 12.4 Å². The smallest absolute Gasteiger partial charge is 0.160 e. The number of ether oxygens (including phenoxy) is 1. The maximum absolute atomic E-state index is 5.60. The highest BCUT2D eigenvalue weighted by atomic mass is 16.5. The number of pyridine rings is 1. The van der Waals surface area contributed by atoms with Gasteiger partial charge in [0.2, 0.25) is 0 Å². The molecule has 1 N–H and O–H groups in total. The molecule has 0 aromatic carbocycles. The molecule has 2 saturated heterocycles. The molecule has 0 unspecified atom stereocenters. The van der Waals surface area contributed by atoms with E-state index in [9.17, 15) is 0 Å². The summed E-state index contributed by atoms with van der Waals surface area (Å²) in [5.74, 6) is 0.529. The van der Waals surface area contributed by atoms with Crippen molar-refractivity contribution in [3.63, 3.8) is 0 Å². The molecule has 0 saturated carbocycles. The van der Waals surface area contributed by atoms with Gasteiger partial charge in [-0.1, -0.05) is 6.92 Å². The van der Waals surface area contributed by atoms with Gasteiger partial charge in [0.15, 0.2) is 5.65 Å². The van der Waals surface area contributed by atoms with Crippen molar-refractivity contribution >= 4 is 11.0 Å². The molecule has 2 fully saturated rings. The molecule has 0 spiro atoms. The maximum atomic E-state index is 5.60. The van der Waals surface area contributed by atoms with E-state index in [1.54, 1.807) is 0 Å². The lowest BCUT2D eigenvalue weighted by Crippen LogP contribution is -2.31. The molecule has 2 aliphatic rings. The Hall–Kier alpha value is -3.10. The maximum Gasteiger partial charge on any atom is 0.160 e. The predicted molar refractivity (Wildman–Crippen MR) is 141 cm³/mol. The molecule has 188 valence electrons. The van der Waals surface area contributed by atoms with Crippen molar-refractivity contribution in [2.45, 2.75) is 57.9 Å². The molecule has 8 nitrogen and oxygen atoms in total. The molecule has 0 atom stereocenters. The highest BCUT2D eigenvalue weighted by Gasteiger charge is 2.23. The van der Waals surface area contributed by atoms with Gasteiger partial charge in [-0.15, -0.1) is 10.2 Å². The van der Waals surface area contributed by atoms with Crippen LogP contribution in [0.15, 0.2) is 30.7 Å². The number of hydrogen-bond donors (Lipinski definition) is 1. The highest BCUT2D eigenvalue weighted by molar-refractivity contribution is 5.94. The number of piperidine rings is 1. The molecule has 8 heteroatoms. The Kier molecular flexibility index (Phi) is 6.31. The number of rotatable bonds is 5. The standard InChI is InChI=1S/C28H35N7O/c1-4-24-27(19-7-11-36-12-8-19)18(2)13-25(31-24)26-14-22-23(16-29-28(22)33-32-26)20-15-30-35(17-20)21-5-9-34(3)10-6-21/h13-17,19,21H,4-12H2,1-3H3,(H,29,33). The molecule has 0 bridgehead atoms. The van der Waals surface area contributed by atoms with Gasteiger partial charge >= 0.3 is 0 Å². The number of aryl methyl sites for hydroxylation is 2. The van der Waals surface area contributed by atoms with Gasteiger partial charge in [-0.05, 0) is 88.3 Å². The summed E-state index contributed by atoms with van der Waals surface area (Å²) in [6.07, 6.45) is 11.5. The number of likely N-dealkylation sites (tertiary alicyclic amines) is 1. The van der Waals surface area contributed by atoms with Gasteiger partial charge in [0.1, 0.15) is 5.69 Å². The third kappa shape index (κ3) is 4.33. The summed E-state index contributed by atoms with van der Waals surface area (Å²) in [5.41, 5.74) is 8.56. The van der Waals surface area contributed by atoms with E-state index in [1.165, 1.54) is 16.8 Å². The zero-order valence-electron chi connectivity index (χ0n) is 21.5. The molecule has 2 aliphatic heterocycles. The molecule has 0 amide bonds. The van der Waals surface area contributed by atoms with Crippen LogP contribution in [0.1, 0.15) is 61.4 Å². The topological polar surface area (TPSA) is 84.8 Å². The summed E-state index contributed by atoms with van der Waals surface area (Å²) < 4.78 is 7.74. The zero-order chi connectivity index (χ0) is 24.6. The van der Waals surface area contributed by atoms with Crippen molar-refractivity contribution in [3.05, 3.63) is 47.5 Å². The number of nitrogens with one attached hydrogen (secondary N) is 1. The third-order valence-corrected chi connectivity index (χ3v) is 7.98. The van der Waals surface area contributed by atoms with Gasteiger partial charge in [-0.2, -0.15) is 5.10 Å². The van der Waals surface area contributed by atoms with Crippen molar-refractivity contribution in [2.24, 2.45) is 0 Å². The molecule has 0 aliphatic carbocycles. The molecule has 36 heavy (non-hydrogen) atoms. The molecule has 6 heterocycles. The van der Waals surface area contributed by atoms with E-state index < -0.39 is 0 Å². The van der Waals surface area contributed by atoms with Crippen LogP contribution in [0.5, 0.6) is 0 Å². The zero-order valence-corrected chi connectivity index (χ0v) is 21.5. The lowest BCUT2D eigenvalue weighted by molar-refractivity contribution is 0.0850. The second-order valence-corrected chi connectivity index (χ2v) is 10.4. The van der Waals surface area contributed by atoms with Crippen molar-refractivity contribution in [3.8, 4) is 22.5 Å². The summed E-state index contributed by atoms with van der Waals surface area (Å²) in [5, 5.41) is 14.8. The van der Waals surface area contributed by atoms with E-state index in [-0.39, 0.29) is 0 Å². The minimum atomic E-state index is 0.462. The number of hydrogen-bond acceptors (Lipinski definition) is 6. The van der Waals surface area contributed by atoms with Crippen LogP contribution < -0.4 is 0 Å². The third-order valence-electron chi connectivity index (χ3n) is 7.98. The van der Waals surface area contributed by atoms with Gasteiger partial charge in [0.25, 0.3) is 0 Å². The minimum absolute atomic E-state index is 0.462.